The van der Waals surface area contributed by atoms with Crippen molar-refractivity contribution in [2.75, 3.05) is 19.7 Å². The Morgan fingerprint density at radius 2 is 2.08 bits per heavy atom. The monoisotopic (exact) mass is 336 g/mol. The smallest absolute Gasteiger partial charge is 0.254 e. The Bertz CT molecular complexity index is 891. The van der Waals surface area contributed by atoms with Gasteiger partial charge in [-0.2, -0.15) is 0 Å². The van der Waals surface area contributed by atoms with Crippen LogP contribution in [0.25, 0.3) is 11.0 Å². The zero-order valence-corrected chi connectivity index (χ0v) is 14.1. The van der Waals surface area contributed by atoms with E-state index >= 15 is 0 Å². The van der Waals surface area contributed by atoms with Crippen LogP contribution in [-0.2, 0) is 11.3 Å². The van der Waals surface area contributed by atoms with Crippen LogP contribution >= 0.6 is 0 Å². The van der Waals surface area contributed by atoms with Crippen LogP contribution in [0.1, 0.15) is 28.9 Å². The fourth-order valence-corrected chi connectivity index (χ4v) is 3.22. The SMILES string of the molecule is CCn1nnc2cc(C(=O)N3CCO[C@H](c4ccccc4)C3)ccc21. The number of ether oxygens (including phenoxy) is 1. The summed E-state index contributed by atoms with van der Waals surface area (Å²) in [6.45, 7) is 4.47. The van der Waals surface area contributed by atoms with Crippen LogP contribution in [0.2, 0.25) is 0 Å². The molecule has 1 saturated heterocycles. The van der Waals surface area contributed by atoms with Crippen molar-refractivity contribution in [2.24, 2.45) is 0 Å². The van der Waals surface area contributed by atoms with E-state index in [2.05, 4.69) is 10.3 Å². The number of aromatic nitrogens is 3. The highest BCUT2D eigenvalue weighted by Crippen LogP contribution is 2.23. The van der Waals surface area contributed by atoms with Gasteiger partial charge in [0, 0.05) is 18.7 Å². The van der Waals surface area contributed by atoms with E-state index in [0.717, 1.165) is 23.1 Å². The van der Waals surface area contributed by atoms with Crippen molar-refractivity contribution in [1.82, 2.24) is 19.9 Å². The van der Waals surface area contributed by atoms with Gasteiger partial charge in [0.25, 0.3) is 5.91 Å². The Balaban J connectivity index is 1.56. The fourth-order valence-electron chi connectivity index (χ4n) is 3.22. The molecule has 1 atom stereocenters. The number of rotatable bonds is 3. The quantitative estimate of drug-likeness (QED) is 0.738. The molecule has 0 unspecified atom stereocenters. The molecule has 4 rings (SSSR count). The van der Waals surface area contributed by atoms with Gasteiger partial charge in [-0.1, -0.05) is 35.5 Å². The van der Waals surface area contributed by atoms with E-state index in [-0.39, 0.29) is 12.0 Å². The minimum atomic E-state index is -0.0800. The molecule has 25 heavy (non-hydrogen) atoms. The van der Waals surface area contributed by atoms with E-state index in [1.54, 1.807) is 0 Å². The summed E-state index contributed by atoms with van der Waals surface area (Å²) in [6, 6.07) is 15.6. The van der Waals surface area contributed by atoms with Gasteiger partial charge in [0.2, 0.25) is 0 Å². The maximum Gasteiger partial charge on any atom is 0.254 e. The van der Waals surface area contributed by atoms with Crippen LogP contribution in [0.5, 0.6) is 0 Å². The molecule has 1 aliphatic rings. The van der Waals surface area contributed by atoms with Crippen LogP contribution in [0, 0.1) is 0 Å². The minimum absolute atomic E-state index is 0.0113. The van der Waals surface area contributed by atoms with Crippen molar-refractivity contribution < 1.29 is 9.53 Å². The maximum atomic E-state index is 12.9. The molecular weight excluding hydrogens is 316 g/mol. The van der Waals surface area contributed by atoms with Gasteiger partial charge in [-0.3, -0.25) is 4.79 Å². The summed E-state index contributed by atoms with van der Waals surface area (Å²) in [5, 5.41) is 8.26. The zero-order chi connectivity index (χ0) is 17.2. The molecule has 1 fully saturated rings. The number of benzene rings is 2. The number of nitrogens with zero attached hydrogens (tertiary/aromatic N) is 4. The Labute approximate surface area is 146 Å². The number of fused-ring (bicyclic) bond motifs is 1. The second-order valence-electron chi connectivity index (χ2n) is 6.13. The van der Waals surface area contributed by atoms with Crippen LogP contribution in [0.4, 0.5) is 0 Å². The van der Waals surface area contributed by atoms with E-state index in [1.807, 2.05) is 65.0 Å². The molecule has 1 amide bonds. The third-order valence-corrected chi connectivity index (χ3v) is 4.59. The van der Waals surface area contributed by atoms with Crippen LogP contribution < -0.4 is 0 Å². The van der Waals surface area contributed by atoms with Gasteiger partial charge in [0.15, 0.2) is 0 Å². The van der Waals surface area contributed by atoms with Crippen molar-refractivity contribution in [3.63, 3.8) is 0 Å². The average molecular weight is 336 g/mol. The van der Waals surface area contributed by atoms with Crippen LogP contribution in [0.3, 0.4) is 0 Å². The number of amides is 1. The maximum absolute atomic E-state index is 12.9. The standard InChI is InChI=1S/C19H20N4O2/c1-2-23-17-9-8-15(12-16(17)20-21-23)19(24)22-10-11-25-18(13-22)14-6-4-3-5-7-14/h3-9,12,18H,2,10-11,13H2,1H3/t18-/m0/s1. The lowest BCUT2D eigenvalue weighted by Gasteiger charge is -2.33. The van der Waals surface area contributed by atoms with Gasteiger partial charge in [-0.05, 0) is 30.7 Å². The molecule has 0 radical (unpaired) electrons. The number of carbonyl (C=O) groups excluding carboxylic acids is 1. The molecule has 0 spiro atoms. The van der Waals surface area contributed by atoms with Gasteiger partial charge >= 0.3 is 0 Å². The average Bonchev–Trinajstić information content (AvgIpc) is 3.10. The second-order valence-corrected chi connectivity index (χ2v) is 6.13. The first-order chi connectivity index (χ1) is 12.3. The molecule has 0 N–H and O–H groups in total. The number of carbonyl (C=O) groups is 1. The fraction of sp³-hybridized carbons (Fsp3) is 0.316. The van der Waals surface area contributed by atoms with Crippen LogP contribution in [-0.4, -0.2) is 45.5 Å². The molecule has 2 aromatic carbocycles. The van der Waals surface area contributed by atoms with Gasteiger partial charge in [0.05, 0.1) is 18.7 Å². The van der Waals surface area contributed by atoms with Gasteiger partial charge in [-0.25, -0.2) is 4.68 Å². The largest absolute Gasteiger partial charge is 0.370 e. The lowest BCUT2D eigenvalue weighted by Crippen LogP contribution is -2.42. The molecule has 1 aromatic heterocycles. The minimum Gasteiger partial charge on any atom is -0.370 e. The first kappa shape index (κ1) is 15.8. The first-order valence-corrected chi connectivity index (χ1v) is 8.55. The number of hydrogen-bond donors (Lipinski definition) is 0. The third-order valence-electron chi connectivity index (χ3n) is 4.59. The topological polar surface area (TPSA) is 60.2 Å². The van der Waals surface area contributed by atoms with Crippen molar-refractivity contribution in [1.29, 1.82) is 0 Å². The van der Waals surface area contributed by atoms with E-state index in [1.165, 1.54) is 0 Å². The summed E-state index contributed by atoms with van der Waals surface area (Å²) in [6.07, 6.45) is -0.0800. The predicted molar refractivity (Wildman–Crippen MR) is 94.2 cm³/mol. The summed E-state index contributed by atoms with van der Waals surface area (Å²) in [7, 11) is 0. The van der Waals surface area contributed by atoms with Gasteiger partial charge in [-0.15, -0.1) is 5.10 Å². The third kappa shape index (κ3) is 3.00. The lowest BCUT2D eigenvalue weighted by molar-refractivity contribution is -0.0228. The number of morpholine rings is 1. The molecule has 0 aliphatic carbocycles. The van der Waals surface area contributed by atoms with E-state index in [4.69, 9.17) is 4.74 Å². The zero-order valence-electron chi connectivity index (χ0n) is 14.1. The van der Waals surface area contributed by atoms with E-state index in [9.17, 15) is 4.79 Å². The lowest BCUT2D eigenvalue weighted by atomic mass is 10.1. The first-order valence-electron chi connectivity index (χ1n) is 8.55. The Hall–Kier alpha value is -2.73. The van der Waals surface area contributed by atoms with Crippen molar-refractivity contribution in [2.45, 2.75) is 19.6 Å². The molecule has 128 valence electrons. The second kappa shape index (κ2) is 6.64. The highest BCUT2D eigenvalue weighted by Gasteiger charge is 2.26. The summed E-state index contributed by atoms with van der Waals surface area (Å²) in [4.78, 5) is 14.8. The molecule has 3 aromatic rings. The highest BCUT2D eigenvalue weighted by molar-refractivity contribution is 5.97. The normalized spacial score (nSPS) is 17.8. The molecule has 6 nitrogen and oxygen atoms in total. The van der Waals surface area contributed by atoms with Gasteiger partial charge < -0.3 is 9.64 Å². The number of aryl methyl sites for hydroxylation is 1. The van der Waals surface area contributed by atoms with E-state index in [0.29, 0.717) is 25.3 Å². The summed E-state index contributed by atoms with van der Waals surface area (Å²) >= 11 is 0. The van der Waals surface area contributed by atoms with Gasteiger partial charge in [0.1, 0.15) is 11.6 Å². The summed E-state index contributed by atoms with van der Waals surface area (Å²) in [5.41, 5.74) is 3.44. The molecule has 2 heterocycles. The predicted octanol–water partition coefficient (Wildman–Crippen LogP) is 2.66. The molecule has 1 aliphatic heterocycles. The van der Waals surface area contributed by atoms with Crippen molar-refractivity contribution in [3.05, 3.63) is 59.7 Å². The summed E-state index contributed by atoms with van der Waals surface area (Å²) < 4.78 is 7.67. The van der Waals surface area contributed by atoms with Crippen LogP contribution in [0.15, 0.2) is 48.5 Å². The molecular formula is C19H20N4O2. The van der Waals surface area contributed by atoms with E-state index < -0.39 is 0 Å². The molecule has 0 bridgehead atoms. The number of hydrogen-bond acceptors (Lipinski definition) is 4. The summed E-state index contributed by atoms with van der Waals surface area (Å²) in [5.74, 6) is 0.0113. The van der Waals surface area contributed by atoms with Crippen molar-refractivity contribution in [3.8, 4) is 0 Å². The highest BCUT2D eigenvalue weighted by atomic mass is 16.5. The Kier molecular flexibility index (Phi) is 4.19. The Morgan fingerprint density at radius 3 is 2.88 bits per heavy atom. The molecule has 0 saturated carbocycles. The Morgan fingerprint density at radius 1 is 1.24 bits per heavy atom. The molecule has 6 heteroatoms. The van der Waals surface area contributed by atoms with Crippen molar-refractivity contribution >= 4 is 16.9 Å².